The smallest absolute Gasteiger partial charge is 0.274 e. The third-order valence-corrected chi connectivity index (χ3v) is 6.66. The summed E-state index contributed by atoms with van der Waals surface area (Å²) in [5.74, 6) is 1.72. The van der Waals surface area contributed by atoms with Crippen LogP contribution < -0.4 is 4.74 Å². The average Bonchev–Trinajstić information content (AvgIpc) is 3.19. The van der Waals surface area contributed by atoms with Gasteiger partial charge in [0.25, 0.3) is 5.91 Å². The van der Waals surface area contributed by atoms with Gasteiger partial charge in [-0.15, -0.1) is 11.3 Å². The van der Waals surface area contributed by atoms with Crippen molar-refractivity contribution in [3.8, 4) is 5.88 Å². The lowest BCUT2D eigenvalue weighted by atomic mass is 10.2. The second kappa shape index (κ2) is 6.57. The Morgan fingerprint density at radius 2 is 2.30 bits per heavy atom. The summed E-state index contributed by atoms with van der Waals surface area (Å²) in [6.45, 7) is 3.12. The molecule has 0 bridgehead atoms. The Hall–Kier alpha value is -1.47. The maximum atomic E-state index is 12.8. The predicted molar refractivity (Wildman–Crippen MR) is 92.4 cm³/mol. The van der Waals surface area contributed by atoms with Gasteiger partial charge < -0.3 is 9.64 Å². The third kappa shape index (κ3) is 3.12. The molecule has 7 heteroatoms. The molecule has 2 aromatic heterocycles. The maximum absolute atomic E-state index is 12.8. The fourth-order valence-corrected chi connectivity index (χ4v) is 5.25. The van der Waals surface area contributed by atoms with Crippen molar-refractivity contribution < 1.29 is 9.53 Å². The van der Waals surface area contributed by atoms with E-state index >= 15 is 0 Å². The van der Waals surface area contributed by atoms with E-state index in [0.29, 0.717) is 17.6 Å². The van der Waals surface area contributed by atoms with E-state index in [2.05, 4.69) is 22.6 Å². The summed E-state index contributed by atoms with van der Waals surface area (Å²) < 4.78 is 7.36. The maximum Gasteiger partial charge on any atom is 0.274 e. The number of aryl methyl sites for hydroxylation is 1. The lowest BCUT2D eigenvalue weighted by Gasteiger charge is -2.18. The van der Waals surface area contributed by atoms with Gasteiger partial charge >= 0.3 is 0 Å². The molecule has 4 rings (SSSR count). The van der Waals surface area contributed by atoms with Crippen molar-refractivity contribution in [1.29, 1.82) is 0 Å². The first-order valence-electron chi connectivity index (χ1n) is 7.96. The summed E-state index contributed by atoms with van der Waals surface area (Å²) in [5.41, 5.74) is 0.515. The minimum atomic E-state index is 0.0305. The van der Waals surface area contributed by atoms with E-state index in [1.165, 1.54) is 4.88 Å². The molecule has 122 valence electrons. The highest BCUT2D eigenvalue weighted by Gasteiger charge is 2.26. The summed E-state index contributed by atoms with van der Waals surface area (Å²) in [6.07, 6.45) is 1.95. The van der Waals surface area contributed by atoms with E-state index in [1.54, 1.807) is 22.1 Å². The molecule has 0 unspecified atom stereocenters. The molecule has 0 saturated carbocycles. The lowest BCUT2D eigenvalue weighted by molar-refractivity contribution is 0.0759. The first-order chi connectivity index (χ1) is 11.3. The summed E-state index contributed by atoms with van der Waals surface area (Å²) in [6, 6.07) is 6.08. The Kier molecular flexibility index (Phi) is 4.31. The summed E-state index contributed by atoms with van der Waals surface area (Å²) in [5, 5.41) is 7.05. The highest BCUT2D eigenvalue weighted by molar-refractivity contribution is 7.99. The first-order valence-corrected chi connectivity index (χ1v) is 9.89. The predicted octanol–water partition coefficient (Wildman–Crippen LogP) is 3.05. The van der Waals surface area contributed by atoms with Crippen molar-refractivity contribution in [2.24, 2.45) is 0 Å². The van der Waals surface area contributed by atoms with Gasteiger partial charge in [-0.05, 0) is 17.9 Å². The number of thioether (sulfide) groups is 1. The molecule has 2 aliphatic rings. The van der Waals surface area contributed by atoms with E-state index in [4.69, 9.17) is 4.74 Å². The Labute approximate surface area is 143 Å². The van der Waals surface area contributed by atoms with Gasteiger partial charge in [-0.25, -0.2) is 4.68 Å². The van der Waals surface area contributed by atoms with Crippen LogP contribution in [-0.2, 0) is 6.54 Å². The van der Waals surface area contributed by atoms with Crippen LogP contribution in [0.4, 0.5) is 0 Å². The number of rotatable bonds is 2. The quantitative estimate of drug-likeness (QED) is 0.836. The third-order valence-electron chi connectivity index (χ3n) is 4.22. The van der Waals surface area contributed by atoms with Crippen LogP contribution in [0.15, 0.2) is 23.6 Å². The molecule has 0 spiro atoms. The molecule has 4 heterocycles. The van der Waals surface area contributed by atoms with Crippen molar-refractivity contribution in [3.63, 3.8) is 0 Å². The highest BCUT2D eigenvalue weighted by Crippen LogP contribution is 2.37. The van der Waals surface area contributed by atoms with E-state index in [-0.39, 0.29) is 5.91 Å². The van der Waals surface area contributed by atoms with E-state index in [0.717, 1.165) is 44.1 Å². The number of nitrogens with zero attached hydrogens (tertiary/aromatic N) is 3. The number of ether oxygens (including phenoxy) is 1. The van der Waals surface area contributed by atoms with Crippen molar-refractivity contribution in [2.75, 3.05) is 25.4 Å². The normalized spacial score (nSPS) is 21.4. The molecular formula is C16H19N3O2S2. The molecule has 1 atom stereocenters. The Balaban J connectivity index is 1.45. The topological polar surface area (TPSA) is 47.4 Å². The van der Waals surface area contributed by atoms with Crippen molar-refractivity contribution >= 4 is 29.0 Å². The van der Waals surface area contributed by atoms with Gasteiger partial charge in [0.2, 0.25) is 5.88 Å². The molecular weight excluding hydrogens is 330 g/mol. The monoisotopic (exact) mass is 349 g/mol. The zero-order chi connectivity index (χ0) is 15.6. The molecule has 0 aromatic carbocycles. The minimum absolute atomic E-state index is 0.0305. The highest BCUT2D eigenvalue weighted by atomic mass is 32.2. The number of amides is 1. The fourth-order valence-electron chi connectivity index (χ4n) is 3.01. The minimum Gasteiger partial charge on any atom is -0.478 e. The van der Waals surface area contributed by atoms with Crippen LogP contribution in [0, 0.1) is 0 Å². The Morgan fingerprint density at radius 1 is 1.35 bits per heavy atom. The number of fused-ring (bicyclic) bond motifs is 1. The van der Waals surface area contributed by atoms with E-state index in [1.807, 2.05) is 16.7 Å². The molecule has 23 heavy (non-hydrogen) atoms. The van der Waals surface area contributed by atoms with Gasteiger partial charge in [-0.1, -0.05) is 6.07 Å². The summed E-state index contributed by atoms with van der Waals surface area (Å²) in [4.78, 5) is 16.1. The summed E-state index contributed by atoms with van der Waals surface area (Å²) >= 11 is 3.76. The number of carbonyl (C=O) groups excluding carboxylic acids is 1. The van der Waals surface area contributed by atoms with Gasteiger partial charge in [0.05, 0.1) is 6.61 Å². The Bertz CT molecular complexity index is 660. The van der Waals surface area contributed by atoms with Crippen LogP contribution >= 0.6 is 23.1 Å². The van der Waals surface area contributed by atoms with Crippen molar-refractivity contribution in [2.45, 2.75) is 24.6 Å². The molecule has 0 N–H and O–H groups in total. The molecule has 1 saturated heterocycles. The number of hydrogen-bond donors (Lipinski definition) is 0. The molecule has 1 amide bonds. The van der Waals surface area contributed by atoms with Gasteiger partial charge in [0.1, 0.15) is 0 Å². The van der Waals surface area contributed by atoms with Crippen molar-refractivity contribution in [3.05, 3.63) is 34.2 Å². The van der Waals surface area contributed by atoms with Gasteiger partial charge in [0, 0.05) is 48.0 Å². The van der Waals surface area contributed by atoms with Gasteiger partial charge in [-0.2, -0.15) is 16.9 Å². The summed E-state index contributed by atoms with van der Waals surface area (Å²) in [7, 11) is 0. The number of aromatic nitrogens is 2. The molecule has 0 aliphatic carbocycles. The zero-order valence-electron chi connectivity index (χ0n) is 12.8. The van der Waals surface area contributed by atoms with Crippen LogP contribution in [0.3, 0.4) is 0 Å². The van der Waals surface area contributed by atoms with E-state index < -0.39 is 0 Å². The molecule has 0 radical (unpaired) electrons. The van der Waals surface area contributed by atoms with Crippen LogP contribution in [0.5, 0.6) is 5.88 Å². The van der Waals surface area contributed by atoms with Crippen LogP contribution in [0.2, 0.25) is 0 Å². The molecule has 2 aliphatic heterocycles. The second-order valence-corrected chi connectivity index (χ2v) is 8.04. The molecule has 2 aromatic rings. The van der Waals surface area contributed by atoms with Crippen molar-refractivity contribution in [1.82, 2.24) is 14.7 Å². The largest absolute Gasteiger partial charge is 0.478 e. The average molecular weight is 349 g/mol. The SMILES string of the molecule is O=C(c1cc2n(n1)CCCO2)N1CCS[C@@H](c2cccs2)CC1. The molecule has 1 fully saturated rings. The standard InChI is InChI=1S/C16H19N3O2S2/c20-16(12-11-15-19(17-12)5-2-8-21-15)18-6-4-14(23-10-7-18)13-3-1-9-22-13/h1,3,9,11,14H,2,4-8,10H2/t14-/m1/s1. The Morgan fingerprint density at radius 3 is 3.13 bits per heavy atom. The second-order valence-electron chi connectivity index (χ2n) is 5.75. The van der Waals surface area contributed by atoms with Crippen LogP contribution in [0.25, 0.3) is 0 Å². The number of thiophene rings is 1. The number of carbonyl (C=O) groups is 1. The zero-order valence-corrected chi connectivity index (χ0v) is 14.4. The lowest BCUT2D eigenvalue weighted by Crippen LogP contribution is -2.33. The number of hydrogen-bond acceptors (Lipinski definition) is 5. The van der Waals surface area contributed by atoms with Crippen LogP contribution in [-0.4, -0.2) is 46.0 Å². The molecule has 5 nitrogen and oxygen atoms in total. The van der Waals surface area contributed by atoms with E-state index in [9.17, 15) is 4.79 Å². The van der Waals surface area contributed by atoms with Gasteiger partial charge in [0.15, 0.2) is 5.69 Å². The fraction of sp³-hybridized carbons (Fsp3) is 0.500. The first kappa shape index (κ1) is 15.1. The van der Waals surface area contributed by atoms with Gasteiger partial charge in [-0.3, -0.25) is 4.79 Å². The van der Waals surface area contributed by atoms with Crippen LogP contribution in [0.1, 0.15) is 33.5 Å².